The maximum absolute atomic E-state index is 12.9. The number of furan rings is 1. The van der Waals surface area contributed by atoms with Crippen LogP contribution < -0.4 is 15.2 Å². The van der Waals surface area contributed by atoms with E-state index in [1.807, 2.05) is 0 Å². The summed E-state index contributed by atoms with van der Waals surface area (Å²) in [6.45, 7) is 5.30. The Kier molecular flexibility index (Phi) is 5.50. The van der Waals surface area contributed by atoms with Crippen molar-refractivity contribution < 1.29 is 21.8 Å². The highest BCUT2D eigenvalue weighted by Crippen LogP contribution is 2.28. The quantitative estimate of drug-likeness (QED) is 0.577. The molecule has 1 atom stereocenters. The number of carbonyl (C=O) groups excluding carboxylic acids is 1. The van der Waals surface area contributed by atoms with Crippen molar-refractivity contribution in [2.75, 3.05) is 19.6 Å². The second kappa shape index (κ2) is 8.10. The molecule has 1 aliphatic heterocycles. The summed E-state index contributed by atoms with van der Waals surface area (Å²) in [7, 11) is -4.08. The predicted octanol–water partition coefficient (Wildman–Crippen LogP) is 2.09. The SMILES string of the molecule is C[C@@H]1CN(Cc2cc(S(=O)(=O)Oc3ccc(C(N)=O)cc3)cc3ccoc23)CCN1. The van der Waals surface area contributed by atoms with Crippen LogP contribution in [-0.2, 0) is 16.7 Å². The Morgan fingerprint density at radius 3 is 2.73 bits per heavy atom. The number of nitrogens with two attached hydrogens (primary N) is 1. The highest BCUT2D eigenvalue weighted by atomic mass is 32.2. The number of hydrogen-bond donors (Lipinski definition) is 2. The highest BCUT2D eigenvalue weighted by Gasteiger charge is 2.23. The zero-order valence-electron chi connectivity index (χ0n) is 16.5. The van der Waals surface area contributed by atoms with Crippen LogP contribution in [0.5, 0.6) is 5.75 Å². The van der Waals surface area contributed by atoms with Crippen molar-refractivity contribution in [1.82, 2.24) is 10.2 Å². The van der Waals surface area contributed by atoms with Crippen LogP contribution in [0.4, 0.5) is 0 Å². The Bertz CT molecular complexity index is 1170. The molecule has 3 N–H and O–H groups in total. The molecular formula is C21H23N3O5S. The topological polar surface area (TPSA) is 115 Å². The van der Waals surface area contributed by atoms with Gasteiger partial charge in [-0.25, -0.2) is 0 Å². The summed E-state index contributed by atoms with van der Waals surface area (Å²) in [5.41, 5.74) is 6.94. The lowest BCUT2D eigenvalue weighted by Crippen LogP contribution is -2.48. The van der Waals surface area contributed by atoms with Crippen LogP contribution in [0.2, 0.25) is 0 Å². The van der Waals surface area contributed by atoms with E-state index >= 15 is 0 Å². The summed E-state index contributed by atoms with van der Waals surface area (Å²) >= 11 is 0. The monoisotopic (exact) mass is 429 g/mol. The predicted molar refractivity (Wildman–Crippen MR) is 112 cm³/mol. The van der Waals surface area contributed by atoms with Gasteiger partial charge in [0.15, 0.2) is 0 Å². The summed E-state index contributed by atoms with van der Waals surface area (Å²) in [5.74, 6) is -0.494. The zero-order valence-corrected chi connectivity index (χ0v) is 17.3. The second-order valence-corrected chi connectivity index (χ2v) is 8.98. The fourth-order valence-corrected chi connectivity index (χ4v) is 4.65. The van der Waals surface area contributed by atoms with Crippen molar-refractivity contribution in [1.29, 1.82) is 0 Å². The first-order valence-corrected chi connectivity index (χ1v) is 11.0. The number of rotatable bonds is 6. The third-order valence-corrected chi connectivity index (χ3v) is 6.31. The molecule has 1 aliphatic rings. The van der Waals surface area contributed by atoms with E-state index in [1.54, 1.807) is 18.4 Å². The Hall–Kier alpha value is -2.88. The van der Waals surface area contributed by atoms with Crippen molar-refractivity contribution in [2.24, 2.45) is 5.73 Å². The maximum Gasteiger partial charge on any atom is 0.339 e. The molecular weight excluding hydrogens is 406 g/mol. The van der Waals surface area contributed by atoms with Gasteiger partial charge in [0.25, 0.3) is 0 Å². The number of primary amides is 1. The Balaban J connectivity index is 1.63. The molecule has 8 nitrogen and oxygen atoms in total. The molecule has 2 aromatic carbocycles. The van der Waals surface area contributed by atoms with Gasteiger partial charge in [-0.3, -0.25) is 9.69 Å². The van der Waals surface area contributed by atoms with E-state index in [-0.39, 0.29) is 16.2 Å². The first-order chi connectivity index (χ1) is 14.3. The van der Waals surface area contributed by atoms with E-state index in [4.69, 9.17) is 14.3 Å². The number of amides is 1. The van der Waals surface area contributed by atoms with E-state index in [0.29, 0.717) is 23.6 Å². The van der Waals surface area contributed by atoms with Gasteiger partial charge in [0.2, 0.25) is 5.91 Å². The first kappa shape index (κ1) is 20.4. The molecule has 4 rings (SSSR count). The highest BCUT2D eigenvalue weighted by molar-refractivity contribution is 7.87. The van der Waals surface area contributed by atoms with Gasteiger partial charge >= 0.3 is 10.1 Å². The third kappa shape index (κ3) is 4.33. The lowest BCUT2D eigenvalue weighted by molar-refractivity contribution is 0.100. The fraction of sp³-hybridized carbons (Fsp3) is 0.286. The van der Waals surface area contributed by atoms with Crippen molar-refractivity contribution in [2.45, 2.75) is 24.4 Å². The molecule has 0 radical (unpaired) electrons. The van der Waals surface area contributed by atoms with Crippen LogP contribution >= 0.6 is 0 Å². The molecule has 0 saturated carbocycles. The molecule has 2 heterocycles. The largest absolute Gasteiger partial charge is 0.464 e. The molecule has 3 aromatic rings. The normalized spacial score (nSPS) is 17.8. The molecule has 0 unspecified atom stereocenters. The summed E-state index contributed by atoms with van der Waals surface area (Å²) in [4.78, 5) is 13.5. The smallest absolute Gasteiger partial charge is 0.339 e. The summed E-state index contributed by atoms with van der Waals surface area (Å²) in [6.07, 6.45) is 1.55. The van der Waals surface area contributed by atoms with E-state index < -0.39 is 16.0 Å². The van der Waals surface area contributed by atoms with E-state index in [9.17, 15) is 13.2 Å². The van der Waals surface area contributed by atoms with Crippen molar-refractivity contribution >= 4 is 27.0 Å². The van der Waals surface area contributed by atoms with Gasteiger partial charge in [0.1, 0.15) is 16.2 Å². The number of benzene rings is 2. The minimum atomic E-state index is -4.08. The molecule has 0 spiro atoms. The minimum Gasteiger partial charge on any atom is -0.464 e. The van der Waals surface area contributed by atoms with Crippen LogP contribution in [0.15, 0.2) is 58.0 Å². The van der Waals surface area contributed by atoms with Gasteiger partial charge in [-0.1, -0.05) is 0 Å². The number of fused-ring (bicyclic) bond motifs is 1. The van der Waals surface area contributed by atoms with Crippen LogP contribution in [0.1, 0.15) is 22.8 Å². The number of carbonyl (C=O) groups is 1. The lowest BCUT2D eigenvalue weighted by Gasteiger charge is -2.31. The number of nitrogens with one attached hydrogen (secondary N) is 1. The van der Waals surface area contributed by atoms with Crippen molar-refractivity contribution in [3.8, 4) is 5.75 Å². The zero-order chi connectivity index (χ0) is 21.3. The third-order valence-electron chi connectivity index (χ3n) is 5.08. The second-order valence-electron chi connectivity index (χ2n) is 7.44. The van der Waals surface area contributed by atoms with Gasteiger partial charge in [-0.15, -0.1) is 0 Å². The standard InChI is InChI=1S/C21H23N3O5S/c1-14-12-24(8-7-23-14)13-17-11-19(10-16-6-9-28-20(16)17)30(26,27)29-18-4-2-15(3-5-18)21(22)25/h2-6,9-11,14,23H,7-8,12-13H2,1H3,(H2,22,25)/t14-/m1/s1. The van der Waals surface area contributed by atoms with E-state index in [1.165, 1.54) is 30.3 Å². The Morgan fingerprint density at radius 1 is 1.27 bits per heavy atom. The summed E-state index contributed by atoms with van der Waals surface area (Å²) < 4.78 is 36.7. The van der Waals surface area contributed by atoms with Gasteiger partial charge < -0.3 is 19.7 Å². The average molecular weight is 429 g/mol. The molecule has 1 amide bonds. The van der Waals surface area contributed by atoms with Gasteiger partial charge in [0, 0.05) is 48.7 Å². The molecule has 1 aromatic heterocycles. The van der Waals surface area contributed by atoms with Crippen molar-refractivity contribution in [3.63, 3.8) is 0 Å². The van der Waals surface area contributed by atoms with Crippen molar-refractivity contribution in [3.05, 3.63) is 59.9 Å². The maximum atomic E-state index is 12.9. The fourth-order valence-electron chi connectivity index (χ4n) is 3.63. The minimum absolute atomic E-state index is 0.0496. The molecule has 0 aliphatic carbocycles. The molecule has 1 fully saturated rings. The average Bonchev–Trinajstić information content (AvgIpc) is 3.17. The molecule has 9 heteroatoms. The number of nitrogens with zero attached hydrogens (tertiary/aromatic N) is 1. The van der Waals surface area contributed by atoms with Crippen LogP contribution in [-0.4, -0.2) is 44.9 Å². The van der Waals surface area contributed by atoms with Gasteiger partial charge in [0.05, 0.1) is 6.26 Å². The van der Waals surface area contributed by atoms with Crippen LogP contribution in [0, 0.1) is 0 Å². The van der Waals surface area contributed by atoms with E-state index in [2.05, 4.69) is 17.1 Å². The molecule has 1 saturated heterocycles. The summed E-state index contributed by atoms with van der Waals surface area (Å²) in [6, 6.07) is 10.9. The lowest BCUT2D eigenvalue weighted by atomic mass is 10.1. The number of hydrogen-bond acceptors (Lipinski definition) is 7. The van der Waals surface area contributed by atoms with E-state index in [0.717, 1.165) is 25.2 Å². The van der Waals surface area contributed by atoms with Gasteiger partial charge in [-0.05, 0) is 49.4 Å². The van der Waals surface area contributed by atoms with Crippen LogP contribution in [0.25, 0.3) is 11.0 Å². The Morgan fingerprint density at radius 2 is 2.03 bits per heavy atom. The summed E-state index contributed by atoms with van der Waals surface area (Å²) in [5, 5.41) is 4.09. The molecule has 0 bridgehead atoms. The molecule has 158 valence electrons. The van der Waals surface area contributed by atoms with Crippen LogP contribution in [0.3, 0.4) is 0 Å². The number of piperazine rings is 1. The first-order valence-electron chi connectivity index (χ1n) is 9.62. The molecule has 30 heavy (non-hydrogen) atoms. The Labute approximate surface area is 174 Å². The van der Waals surface area contributed by atoms with Gasteiger partial charge in [-0.2, -0.15) is 8.42 Å².